The van der Waals surface area contributed by atoms with Crippen molar-refractivity contribution in [3.05, 3.63) is 40.4 Å². The van der Waals surface area contributed by atoms with E-state index in [4.69, 9.17) is 21.3 Å². The summed E-state index contributed by atoms with van der Waals surface area (Å²) >= 11 is 9.62. The fraction of sp³-hybridized carbons (Fsp3) is 0.613. The third-order valence-corrected chi connectivity index (χ3v) is 10.2. The Morgan fingerprint density at radius 1 is 1.20 bits per heavy atom. The van der Waals surface area contributed by atoms with Crippen molar-refractivity contribution in [1.82, 2.24) is 15.2 Å². The molecule has 0 bridgehead atoms. The third-order valence-electron chi connectivity index (χ3n) is 7.95. The number of fused-ring (bicyclic) bond motifs is 1. The highest BCUT2D eigenvalue weighted by Gasteiger charge is 2.30. The van der Waals surface area contributed by atoms with Crippen molar-refractivity contribution >= 4 is 62.4 Å². The van der Waals surface area contributed by atoms with Gasteiger partial charge < -0.3 is 10.1 Å². The Balaban J connectivity index is 1.43. The molecule has 2 aromatic rings. The molecule has 1 aromatic heterocycles. The zero-order valence-corrected chi connectivity index (χ0v) is 26.4. The molecule has 0 aliphatic carbocycles. The molecule has 224 valence electrons. The van der Waals surface area contributed by atoms with Crippen LogP contribution in [0, 0.1) is 11.8 Å². The summed E-state index contributed by atoms with van der Waals surface area (Å²) in [5.74, 6) is 1.90. The number of ether oxygens (including phenoxy) is 1. The van der Waals surface area contributed by atoms with Gasteiger partial charge in [0, 0.05) is 86.7 Å². The smallest absolute Gasteiger partial charge is 0.224 e. The number of benzene rings is 1. The van der Waals surface area contributed by atoms with Crippen LogP contribution in [-0.2, 0) is 25.5 Å². The molecule has 0 unspecified atom stereocenters. The Morgan fingerprint density at radius 2 is 1.95 bits per heavy atom. The number of nitrogens with one attached hydrogen (secondary N) is 1. The van der Waals surface area contributed by atoms with Gasteiger partial charge in [0.2, 0.25) is 5.91 Å². The number of carbonyl (C=O) groups excluding carboxylic acids is 3. The minimum absolute atomic E-state index is 0.0670. The molecule has 4 rings (SSSR count). The first kappa shape index (κ1) is 32.1. The zero-order valence-electron chi connectivity index (χ0n) is 24.0. The summed E-state index contributed by atoms with van der Waals surface area (Å²) in [6.45, 7) is 9.95. The third kappa shape index (κ3) is 9.89. The molecule has 2 aliphatic rings. The fourth-order valence-corrected chi connectivity index (χ4v) is 7.88. The van der Waals surface area contributed by atoms with Gasteiger partial charge in [0.05, 0.1) is 21.1 Å². The number of halogens is 1. The van der Waals surface area contributed by atoms with Crippen molar-refractivity contribution < 1.29 is 19.1 Å². The molecule has 3 heterocycles. The largest absolute Gasteiger partial charge is 0.381 e. The summed E-state index contributed by atoms with van der Waals surface area (Å²) in [5, 5.41) is 4.75. The highest BCUT2D eigenvalue weighted by Crippen LogP contribution is 2.29. The van der Waals surface area contributed by atoms with E-state index >= 15 is 0 Å². The van der Waals surface area contributed by atoms with Crippen molar-refractivity contribution in [2.45, 2.75) is 64.3 Å². The van der Waals surface area contributed by atoms with Gasteiger partial charge in [-0.3, -0.25) is 19.3 Å². The molecular formula is C31H42ClN3O4S2. The Labute approximate surface area is 256 Å². The maximum absolute atomic E-state index is 13.8. The molecule has 0 radical (unpaired) electrons. The second kappa shape index (κ2) is 16.2. The van der Waals surface area contributed by atoms with Gasteiger partial charge in [-0.05, 0) is 49.8 Å². The molecule has 1 N–H and O–H groups in total. The number of amides is 1. The highest BCUT2D eigenvalue weighted by molar-refractivity contribution is 7.99. The van der Waals surface area contributed by atoms with Crippen LogP contribution >= 0.6 is 34.7 Å². The number of ketones is 2. The lowest BCUT2D eigenvalue weighted by Crippen LogP contribution is -2.46. The minimum Gasteiger partial charge on any atom is -0.381 e. The van der Waals surface area contributed by atoms with Gasteiger partial charge in [0.15, 0.2) is 5.78 Å². The first-order valence-corrected chi connectivity index (χ1v) is 17.1. The van der Waals surface area contributed by atoms with Gasteiger partial charge in [-0.2, -0.15) is 11.8 Å². The Bertz CT molecular complexity index is 1210. The summed E-state index contributed by atoms with van der Waals surface area (Å²) in [6, 6.07) is 5.41. The number of thioether (sulfide) groups is 1. The van der Waals surface area contributed by atoms with Gasteiger partial charge in [-0.25, -0.2) is 4.98 Å². The second-order valence-corrected chi connectivity index (χ2v) is 13.9. The summed E-state index contributed by atoms with van der Waals surface area (Å²) < 4.78 is 6.55. The molecule has 2 fully saturated rings. The number of nitrogens with zero attached hydrogens (tertiary/aromatic N) is 2. The van der Waals surface area contributed by atoms with Crippen LogP contribution in [0.2, 0.25) is 5.02 Å². The molecule has 2 atom stereocenters. The van der Waals surface area contributed by atoms with E-state index in [1.165, 1.54) is 11.3 Å². The van der Waals surface area contributed by atoms with Crippen LogP contribution in [0.3, 0.4) is 0 Å². The molecule has 0 spiro atoms. The summed E-state index contributed by atoms with van der Waals surface area (Å²) in [7, 11) is 0. The summed E-state index contributed by atoms with van der Waals surface area (Å²) in [4.78, 5) is 46.6. The van der Waals surface area contributed by atoms with E-state index in [0.29, 0.717) is 56.0 Å². The SMILES string of the molecule is C=C(CN1CCSCC1)C(=O)CC[C@@H](NC(=O)[C@@H](CC(=O)CCC)Cc1nc2ccc(Cl)cc2s1)C1CCOCC1. The highest BCUT2D eigenvalue weighted by atomic mass is 35.5. The van der Waals surface area contributed by atoms with Gasteiger partial charge in [-0.15, -0.1) is 11.3 Å². The fourth-order valence-electron chi connectivity index (χ4n) is 5.58. The predicted octanol–water partition coefficient (Wildman–Crippen LogP) is 5.73. The Morgan fingerprint density at radius 3 is 2.68 bits per heavy atom. The number of carbonyl (C=O) groups is 3. The number of rotatable bonds is 15. The van der Waals surface area contributed by atoms with Crippen molar-refractivity contribution in [2.75, 3.05) is 44.4 Å². The quantitative estimate of drug-likeness (QED) is 0.255. The van der Waals surface area contributed by atoms with Crippen molar-refractivity contribution in [1.29, 1.82) is 0 Å². The summed E-state index contributed by atoms with van der Waals surface area (Å²) in [6.07, 6.45) is 4.35. The molecular weight excluding hydrogens is 578 g/mol. The van der Waals surface area contributed by atoms with Crippen LogP contribution in [0.4, 0.5) is 0 Å². The van der Waals surface area contributed by atoms with E-state index < -0.39 is 5.92 Å². The number of hydrogen-bond acceptors (Lipinski definition) is 8. The molecule has 1 amide bonds. The molecule has 41 heavy (non-hydrogen) atoms. The number of hydrogen-bond donors (Lipinski definition) is 1. The van der Waals surface area contributed by atoms with Crippen molar-refractivity contribution in [3.63, 3.8) is 0 Å². The maximum Gasteiger partial charge on any atom is 0.224 e. The van der Waals surface area contributed by atoms with E-state index in [0.717, 1.165) is 59.1 Å². The van der Waals surface area contributed by atoms with Crippen molar-refractivity contribution in [2.24, 2.45) is 11.8 Å². The van der Waals surface area contributed by atoms with Gasteiger partial charge in [0.25, 0.3) is 0 Å². The number of Topliss-reactive ketones (excluding diaryl/α,β-unsaturated/α-hetero) is 2. The van der Waals surface area contributed by atoms with E-state index in [9.17, 15) is 14.4 Å². The van der Waals surface area contributed by atoms with E-state index in [1.54, 1.807) is 0 Å². The van der Waals surface area contributed by atoms with Gasteiger partial charge in [0.1, 0.15) is 5.78 Å². The van der Waals surface area contributed by atoms with Crippen LogP contribution in [0.25, 0.3) is 10.2 Å². The Hall–Kier alpha value is -1.78. The molecule has 1 aromatic carbocycles. The van der Waals surface area contributed by atoms with E-state index in [-0.39, 0.29) is 35.9 Å². The van der Waals surface area contributed by atoms with E-state index in [1.807, 2.05) is 36.9 Å². The Kier molecular flexibility index (Phi) is 12.7. The first-order chi connectivity index (χ1) is 19.8. The van der Waals surface area contributed by atoms with Crippen LogP contribution < -0.4 is 5.32 Å². The molecule has 10 heteroatoms. The lowest BCUT2D eigenvalue weighted by atomic mass is 9.86. The molecule has 2 saturated heterocycles. The van der Waals surface area contributed by atoms with Gasteiger partial charge in [-0.1, -0.05) is 25.1 Å². The van der Waals surface area contributed by atoms with E-state index in [2.05, 4.69) is 16.8 Å². The van der Waals surface area contributed by atoms with Crippen LogP contribution in [-0.4, -0.2) is 77.8 Å². The lowest BCUT2D eigenvalue weighted by Gasteiger charge is -2.32. The monoisotopic (exact) mass is 619 g/mol. The average Bonchev–Trinajstić information content (AvgIpc) is 3.37. The predicted molar refractivity (Wildman–Crippen MR) is 169 cm³/mol. The van der Waals surface area contributed by atoms with Crippen molar-refractivity contribution in [3.8, 4) is 0 Å². The minimum atomic E-state index is -0.518. The molecule has 0 saturated carbocycles. The van der Waals surface area contributed by atoms with Crippen LogP contribution in [0.5, 0.6) is 0 Å². The average molecular weight is 620 g/mol. The molecule has 2 aliphatic heterocycles. The van der Waals surface area contributed by atoms with Gasteiger partial charge >= 0.3 is 0 Å². The maximum atomic E-state index is 13.8. The summed E-state index contributed by atoms with van der Waals surface area (Å²) in [5.41, 5.74) is 1.49. The van der Waals surface area contributed by atoms with Crippen LogP contribution in [0.1, 0.15) is 56.9 Å². The zero-order chi connectivity index (χ0) is 29.2. The standard InChI is InChI=1S/C31H42ClN3O4S2/c1-3-4-25(36)17-23(18-30-33-27-6-5-24(32)19-29(27)41-30)31(38)34-26(22-9-13-39-14-10-22)7-8-28(37)21(2)20-35-11-15-40-16-12-35/h5-6,19,22-23,26H,2-4,7-18,20H2,1H3,(H,34,38)/t23-,26+/m0/s1. The first-order valence-electron chi connectivity index (χ1n) is 14.8. The molecule has 7 nitrogen and oxygen atoms in total. The number of aromatic nitrogens is 1. The topological polar surface area (TPSA) is 88.6 Å². The number of thiazole rings is 1. The van der Waals surface area contributed by atoms with Crippen LogP contribution in [0.15, 0.2) is 30.4 Å². The lowest BCUT2D eigenvalue weighted by molar-refractivity contribution is -0.130. The normalized spacial score (nSPS) is 18.2. The second-order valence-electron chi connectivity index (χ2n) is 11.1.